The fourth-order valence-electron chi connectivity index (χ4n) is 1.50. The Morgan fingerprint density at radius 1 is 1.59 bits per heavy atom. The summed E-state index contributed by atoms with van der Waals surface area (Å²) in [5.74, 6) is -0.0705. The van der Waals surface area contributed by atoms with Crippen LogP contribution in [0, 0.1) is 6.92 Å². The molecule has 1 aromatic heterocycles. The molecule has 1 aromatic rings. The molecular weight excluding hydrogens is 240 g/mol. The second-order valence-electron chi connectivity index (χ2n) is 3.56. The number of nitrogens with zero attached hydrogens (tertiary/aromatic N) is 2. The highest BCUT2D eigenvalue weighted by atomic mass is 32.1. The first-order valence-electron chi connectivity index (χ1n) is 5.49. The number of methoxy groups -OCH3 is 1. The molecule has 0 unspecified atom stereocenters. The number of thiazole rings is 1. The van der Waals surface area contributed by atoms with E-state index in [9.17, 15) is 4.79 Å². The summed E-state index contributed by atoms with van der Waals surface area (Å²) in [5.41, 5.74) is 0.725. The maximum atomic E-state index is 12.1. The van der Waals surface area contributed by atoms with Gasteiger partial charge in [0.05, 0.1) is 18.9 Å². The zero-order chi connectivity index (χ0) is 12.8. The lowest BCUT2D eigenvalue weighted by Gasteiger charge is -2.18. The molecule has 1 N–H and O–H groups in total. The topological polar surface area (TPSA) is 62.7 Å². The Kier molecular flexibility index (Phi) is 5.54. The lowest BCUT2D eigenvalue weighted by atomic mass is 10.3. The van der Waals surface area contributed by atoms with Gasteiger partial charge in [-0.1, -0.05) is 0 Å². The normalized spacial score (nSPS) is 10.6. The number of amides is 1. The molecule has 0 aliphatic carbocycles. The number of aryl methyl sites for hydroxylation is 1. The number of aliphatic hydroxyl groups is 1. The molecule has 1 rings (SSSR count). The first-order valence-corrected chi connectivity index (χ1v) is 6.31. The third kappa shape index (κ3) is 3.49. The molecule has 0 aromatic carbocycles. The van der Waals surface area contributed by atoms with Crippen molar-refractivity contribution < 1.29 is 14.6 Å². The van der Waals surface area contributed by atoms with Crippen LogP contribution in [-0.4, -0.2) is 47.7 Å². The number of carbonyl (C=O) groups excluding carboxylic acids is 1. The molecule has 96 valence electrons. The predicted octanol–water partition coefficient (Wildman–Crippen LogP) is 1.05. The van der Waals surface area contributed by atoms with Crippen molar-refractivity contribution in [2.24, 2.45) is 0 Å². The molecule has 6 heteroatoms. The fraction of sp³-hybridized carbons (Fsp3) is 0.636. The summed E-state index contributed by atoms with van der Waals surface area (Å²) >= 11 is 1.35. The van der Waals surface area contributed by atoms with E-state index in [0.717, 1.165) is 10.7 Å². The summed E-state index contributed by atoms with van der Waals surface area (Å²) in [6.45, 7) is 5.03. The maximum absolute atomic E-state index is 12.1. The van der Waals surface area contributed by atoms with Gasteiger partial charge in [0.2, 0.25) is 0 Å². The van der Waals surface area contributed by atoms with E-state index >= 15 is 0 Å². The van der Waals surface area contributed by atoms with E-state index in [4.69, 9.17) is 9.84 Å². The maximum Gasteiger partial charge on any atom is 0.265 e. The Morgan fingerprint density at radius 2 is 2.29 bits per heavy atom. The van der Waals surface area contributed by atoms with E-state index in [1.165, 1.54) is 11.3 Å². The lowest BCUT2D eigenvalue weighted by molar-refractivity contribution is 0.0736. The van der Waals surface area contributed by atoms with Crippen molar-refractivity contribution in [2.45, 2.75) is 20.5 Å². The van der Waals surface area contributed by atoms with Gasteiger partial charge in [-0.05, 0) is 13.8 Å². The summed E-state index contributed by atoms with van der Waals surface area (Å²) < 4.78 is 4.99. The van der Waals surface area contributed by atoms with Gasteiger partial charge >= 0.3 is 0 Å². The summed E-state index contributed by atoms with van der Waals surface area (Å²) in [6, 6.07) is 0. The summed E-state index contributed by atoms with van der Waals surface area (Å²) in [5, 5.41) is 9.70. The van der Waals surface area contributed by atoms with Gasteiger partial charge in [-0.2, -0.15) is 0 Å². The molecule has 0 spiro atoms. The van der Waals surface area contributed by atoms with E-state index in [-0.39, 0.29) is 12.5 Å². The highest BCUT2D eigenvalue weighted by Gasteiger charge is 2.19. The van der Waals surface area contributed by atoms with Crippen LogP contribution in [0.3, 0.4) is 0 Å². The van der Waals surface area contributed by atoms with Crippen molar-refractivity contribution in [3.63, 3.8) is 0 Å². The van der Waals surface area contributed by atoms with Crippen LogP contribution in [-0.2, 0) is 11.3 Å². The number of aliphatic hydroxyl groups excluding tert-OH is 1. The van der Waals surface area contributed by atoms with Crippen LogP contribution >= 0.6 is 11.3 Å². The standard InChI is InChI=1S/C11H18N2O3S/c1-4-13(5-6-14)11(15)10-8(2)12-9(17-10)7-16-3/h14H,4-7H2,1-3H3. The van der Waals surface area contributed by atoms with E-state index in [1.54, 1.807) is 12.0 Å². The van der Waals surface area contributed by atoms with Crippen LogP contribution in [0.2, 0.25) is 0 Å². The van der Waals surface area contributed by atoms with Crippen LogP contribution in [0.4, 0.5) is 0 Å². The van der Waals surface area contributed by atoms with Gasteiger partial charge < -0.3 is 14.7 Å². The van der Waals surface area contributed by atoms with Gasteiger partial charge in [-0.15, -0.1) is 11.3 Å². The van der Waals surface area contributed by atoms with Gasteiger partial charge in [-0.3, -0.25) is 4.79 Å². The van der Waals surface area contributed by atoms with Crippen molar-refractivity contribution in [3.05, 3.63) is 15.6 Å². The minimum Gasteiger partial charge on any atom is -0.395 e. The second-order valence-corrected chi connectivity index (χ2v) is 4.65. The smallest absolute Gasteiger partial charge is 0.265 e. The molecule has 0 bridgehead atoms. The monoisotopic (exact) mass is 258 g/mol. The molecule has 0 aliphatic rings. The minimum atomic E-state index is -0.0705. The quantitative estimate of drug-likeness (QED) is 0.828. The molecule has 0 fully saturated rings. The van der Waals surface area contributed by atoms with Crippen LogP contribution in [0.25, 0.3) is 0 Å². The average molecular weight is 258 g/mol. The van der Waals surface area contributed by atoms with Crippen molar-refractivity contribution in [1.82, 2.24) is 9.88 Å². The van der Waals surface area contributed by atoms with Gasteiger partial charge in [0.15, 0.2) is 0 Å². The van der Waals surface area contributed by atoms with Gasteiger partial charge in [0.1, 0.15) is 9.88 Å². The van der Waals surface area contributed by atoms with E-state index < -0.39 is 0 Å². The number of hydrogen-bond donors (Lipinski definition) is 1. The van der Waals surface area contributed by atoms with Crippen molar-refractivity contribution in [3.8, 4) is 0 Å². The zero-order valence-corrected chi connectivity index (χ0v) is 11.2. The van der Waals surface area contributed by atoms with E-state index in [2.05, 4.69) is 4.98 Å². The van der Waals surface area contributed by atoms with Crippen LogP contribution in [0.1, 0.15) is 27.3 Å². The molecule has 17 heavy (non-hydrogen) atoms. The van der Waals surface area contributed by atoms with Crippen LogP contribution in [0.5, 0.6) is 0 Å². The molecule has 0 radical (unpaired) electrons. The zero-order valence-electron chi connectivity index (χ0n) is 10.4. The SMILES string of the molecule is CCN(CCO)C(=O)c1sc(COC)nc1C. The Labute approximate surface area is 105 Å². The Balaban J connectivity index is 2.86. The van der Waals surface area contributed by atoms with Crippen molar-refractivity contribution in [1.29, 1.82) is 0 Å². The molecule has 0 saturated carbocycles. The Bertz CT molecular complexity index is 379. The number of carbonyl (C=O) groups is 1. The summed E-state index contributed by atoms with van der Waals surface area (Å²) in [4.78, 5) is 18.7. The van der Waals surface area contributed by atoms with Crippen molar-refractivity contribution in [2.75, 3.05) is 26.8 Å². The molecule has 0 saturated heterocycles. The summed E-state index contributed by atoms with van der Waals surface area (Å²) in [7, 11) is 1.60. The number of likely N-dealkylation sites (N-methyl/N-ethyl adjacent to an activating group) is 1. The number of aromatic nitrogens is 1. The van der Waals surface area contributed by atoms with Crippen LogP contribution < -0.4 is 0 Å². The molecule has 1 amide bonds. The Morgan fingerprint density at radius 3 is 2.82 bits per heavy atom. The van der Waals surface area contributed by atoms with E-state index in [0.29, 0.717) is 24.6 Å². The highest BCUT2D eigenvalue weighted by Crippen LogP contribution is 2.20. The first kappa shape index (κ1) is 14.1. The molecular formula is C11H18N2O3S. The molecule has 1 heterocycles. The minimum absolute atomic E-state index is 0.0254. The third-order valence-electron chi connectivity index (χ3n) is 2.34. The number of rotatable bonds is 6. The number of hydrogen-bond acceptors (Lipinski definition) is 5. The lowest BCUT2D eigenvalue weighted by Crippen LogP contribution is -2.33. The highest BCUT2D eigenvalue weighted by molar-refractivity contribution is 7.13. The van der Waals surface area contributed by atoms with Gasteiger partial charge in [0, 0.05) is 20.2 Å². The molecule has 0 aliphatic heterocycles. The number of ether oxygens (including phenoxy) is 1. The third-order valence-corrected chi connectivity index (χ3v) is 3.46. The van der Waals surface area contributed by atoms with Gasteiger partial charge in [-0.25, -0.2) is 4.98 Å². The van der Waals surface area contributed by atoms with E-state index in [1.807, 2.05) is 13.8 Å². The Hall–Kier alpha value is -0.980. The fourth-order valence-corrected chi connectivity index (χ4v) is 2.51. The first-order chi connectivity index (χ1) is 8.13. The van der Waals surface area contributed by atoms with Crippen LogP contribution in [0.15, 0.2) is 0 Å². The summed E-state index contributed by atoms with van der Waals surface area (Å²) in [6.07, 6.45) is 0. The van der Waals surface area contributed by atoms with Crippen molar-refractivity contribution >= 4 is 17.2 Å². The molecule has 0 atom stereocenters. The second kappa shape index (κ2) is 6.68. The average Bonchev–Trinajstić information content (AvgIpc) is 2.67. The predicted molar refractivity (Wildman–Crippen MR) is 66.2 cm³/mol. The molecule has 5 nitrogen and oxygen atoms in total. The van der Waals surface area contributed by atoms with Gasteiger partial charge in [0.25, 0.3) is 5.91 Å². The largest absolute Gasteiger partial charge is 0.395 e.